The van der Waals surface area contributed by atoms with Gasteiger partial charge in [-0.15, -0.1) is 0 Å². The summed E-state index contributed by atoms with van der Waals surface area (Å²) in [7, 11) is 3.92. The first-order chi connectivity index (χ1) is 7.02. The van der Waals surface area contributed by atoms with Crippen molar-refractivity contribution in [3.63, 3.8) is 0 Å². The fourth-order valence-corrected chi connectivity index (χ4v) is 0.915. The van der Waals surface area contributed by atoms with Gasteiger partial charge in [-0.1, -0.05) is 35.9 Å². The van der Waals surface area contributed by atoms with E-state index in [-0.39, 0.29) is 5.78 Å². The molecule has 0 spiro atoms. The molecule has 1 rings (SSSR count). The summed E-state index contributed by atoms with van der Waals surface area (Å²) in [4.78, 5) is 12.3. The standard InChI is InChI=1S/C7H8.C6H13NO/c1-7-5-3-2-4-6-7;1-6(8)4-5-7(2)3/h2-6H,1H3;4-5H2,1-3H3. The van der Waals surface area contributed by atoms with E-state index in [1.54, 1.807) is 6.92 Å². The van der Waals surface area contributed by atoms with Crippen molar-refractivity contribution >= 4 is 5.78 Å². The molecule has 1 aromatic rings. The van der Waals surface area contributed by atoms with Crippen molar-refractivity contribution in [3.05, 3.63) is 35.9 Å². The van der Waals surface area contributed by atoms with Gasteiger partial charge < -0.3 is 4.90 Å². The molecular formula is C13H21NO. The summed E-state index contributed by atoms with van der Waals surface area (Å²) in [5, 5.41) is 0. The highest BCUT2D eigenvalue weighted by molar-refractivity contribution is 5.75. The number of benzene rings is 1. The van der Waals surface area contributed by atoms with Crippen molar-refractivity contribution in [1.29, 1.82) is 0 Å². The highest BCUT2D eigenvalue weighted by atomic mass is 16.1. The zero-order chi connectivity index (χ0) is 11.7. The molecule has 2 nitrogen and oxygen atoms in total. The Hall–Kier alpha value is -1.15. The van der Waals surface area contributed by atoms with E-state index in [1.807, 2.05) is 37.2 Å². The van der Waals surface area contributed by atoms with E-state index in [4.69, 9.17) is 0 Å². The largest absolute Gasteiger partial charge is 0.309 e. The first-order valence-corrected chi connectivity index (χ1v) is 5.18. The van der Waals surface area contributed by atoms with E-state index in [0.717, 1.165) is 6.54 Å². The summed E-state index contributed by atoms with van der Waals surface area (Å²) in [6, 6.07) is 10.3. The Bertz CT molecular complexity index is 267. The summed E-state index contributed by atoms with van der Waals surface area (Å²) >= 11 is 0. The molecule has 0 saturated carbocycles. The quantitative estimate of drug-likeness (QED) is 0.759. The Balaban J connectivity index is 0.000000262. The predicted molar refractivity (Wildman–Crippen MR) is 65.0 cm³/mol. The third kappa shape index (κ3) is 10.8. The van der Waals surface area contributed by atoms with Gasteiger partial charge in [-0.3, -0.25) is 4.79 Å². The Morgan fingerprint density at radius 2 is 1.73 bits per heavy atom. The average molecular weight is 207 g/mol. The number of nitrogens with zero attached hydrogens (tertiary/aromatic N) is 1. The SMILES string of the molecule is CC(=O)CCN(C)C.Cc1ccccc1. The molecule has 0 saturated heterocycles. The number of carbonyl (C=O) groups excluding carboxylic acids is 1. The van der Waals surface area contributed by atoms with Gasteiger partial charge in [0.25, 0.3) is 0 Å². The average Bonchev–Trinajstić information content (AvgIpc) is 2.17. The van der Waals surface area contributed by atoms with Gasteiger partial charge in [0.15, 0.2) is 0 Å². The van der Waals surface area contributed by atoms with Crippen LogP contribution in [0.4, 0.5) is 0 Å². The monoisotopic (exact) mass is 207 g/mol. The van der Waals surface area contributed by atoms with Gasteiger partial charge in [0.2, 0.25) is 0 Å². The van der Waals surface area contributed by atoms with Crippen LogP contribution >= 0.6 is 0 Å². The first-order valence-electron chi connectivity index (χ1n) is 5.18. The lowest BCUT2D eigenvalue weighted by atomic mass is 10.2. The highest BCUT2D eigenvalue weighted by Gasteiger charge is 1.92. The van der Waals surface area contributed by atoms with E-state index in [9.17, 15) is 4.79 Å². The van der Waals surface area contributed by atoms with E-state index in [2.05, 4.69) is 19.1 Å². The van der Waals surface area contributed by atoms with Crippen molar-refractivity contribution in [2.75, 3.05) is 20.6 Å². The Labute approximate surface area is 92.9 Å². The number of aryl methyl sites for hydroxylation is 1. The van der Waals surface area contributed by atoms with Crippen molar-refractivity contribution in [2.45, 2.75) is 20.3 Å². The van der Waals surface area contributed by atoms with E-state index in [0.29, 0.717) is 6.42 Å². The van der Waals surface area contributed by atoms with E-state index in [1.165, 1.54) is 5.56 Å². The summed E-state index contributed by atoms with van der Waals surface area (Å²) in [5.41, 5.74) is 1.32. The summed E-state index contributed by atoms with van der Waals surface area (Å²) in [6.07, 6.45) is 0.674. The van der Waals surface area contributed by atoms with Crippen molar-refractivity contribution in [1.82, 2.24) is 4.90 Å². The molecule has 0 aliphatic carbocycles. The van der Waals surface area contributed by atoms with Gasteiger partial charge in [-0.25, -0.2) is 0 Å². The predicted octanol–water partition coefficient (Wildman–Crippen LogP) is 2.52. The van der Waals surface area contributed by atoms with Crippen LogP contribution in [0.15, 0.2) is 30.3 Å². The number of rotatable bonds is 3. The minimum absolute atomic E-state index is 0.263. The molecule has 0 unspecified atom stereocenters. The maximum absolute atomic E-state index is 10.3. The molecule has 0 fully saturated rings. The number of Topliss-reactive ketones (excluding diaryl/α,β-unsaturated/α-hetero) is 1. The van der Waals surface area contributed by atoms with Crippen LogP contribution in [0.2, 0.25) is 0 Å². The molecule has 0 radical (unpaired) electrons. The zero-order valence-electron chi connectivity index (χ0n) is 10.2. The van der Waals surface area contributed by atoms with Gasteiger partial charge in [0, 0.05) is 13.0 Å². The zero-order valence-corrected chi connectivity index (χ0v) is 10.2. The molecule has 0 atom stereocenters. The van der Waals surface area contributed by atoms with Gasteiger partial charge >= 0.3 is 0 Å². The van der Waals surface area contributed by atoms with Crippen LogP contribution in [0.25, 0.3) is 0 Å². The lowest BCUT2D eigenvalue weighted by Crippen LogP contribution is -2.15. The molecule has 0 amide bonds. The van der Waals surface area contributed by atoms with Crippen molar-refractivity contribution < 1.29 is 4.79 Å². The number of ketones is 1. The van der Waals surface area contributed by atoms with Gasteiger partial charge in [-0.2, -0.15) is 0 Å². The fourth-order valence-electron chi connectivity index (χ4n) is 0.915. The molecular weight excluding hydrogens is 186 g/mol. The third-order valence-corrected chi connectivity index (χ3v) is 1.85. The lowest BCUT2D eigenvalue weighted by molar-refractivity contribution is -0.117. The molecule has 2 heteroatoms. The van der Waals surface area contributed by atoms with Crippen molar-refractivity contribution in [3.8, 4) is 0 Å². The van der Waals surface area contributed by atoms with Crippen LogP contribution in [0, 0.1) is 6.92 Å². The Morgan fingerprint density at radius 3 is 1.93 bits per heavy atom. The van der Waals surface area contributed by atoms with Gasteiger partial charge in [-0.05, 0) is 27.9 Å². The molecule has 0 heterocycles. The maximum Gasteiger partial charge on any atom is 0.131 e. The minimum Gasteiger partial charge on any atom is -0.309 e. The van der Waals surface area contributed by atoms with Crippen LogP contribution < -0.4 is 0 Å². The first kappa shape index (κ1) is 13.8. The second-order valence-corrected chi connectivity index (χ2v) is 3.91. The smallest absolute Gasteiger partial charge is 0.131 e. The summed E-state index contributed by atoms with van der Waals surface area (Å²) in [5.74, 6) is 0.263. The number of hydrogen-bond acceptors (Lipinski definition) is 2. The lowest BCUT2D eigenvalue weighted by Gasteiger charge is -2.05. The second kappa shape index (κ2) is 8.18. The molecule has 0 aliphatic heterocycles. The number of carbonyl (C=O) groups is 1. The Kier molecular flexibility index (Phi) is 7.56. The molecule has 0 aliphatic rings. The fraction of sp³-hybridized carbons (Fsp3) is 0.462. The van der Waals surface area contributed by atoms with Crippen LogP contribution in [0.3, 0.4) is 0 Å². The molecule has 15 heavy (non-hydrogen) atoms. The third-order valence-electron chi connectivity index (χ3n) is 1.85. The molecule has 0 N–H and O–H groups in total. The summed E-state index contributed by atoms with van der Waals surface area (Å²) < 4.78 is 0. The van der Waals surface area contributed by atoms with Crippen LogP contribution in [-0.4, -0.2) is 31.3 Å². The van der Waals surface area contributed by atoms with Gasteiger partial charge in [0.1, 0.15) is 5.78 Å². The topological polar surface area (TPSA) is 20.3 Å². The maximum atomic E-state index is 10.3. The van der Waals surface area contributed by atoms with Crippen molar-refractivity contribution in [2.24, 2.45) is 0 Å². The van der Waals surface area contributed by atoms with E-state index < -0.39 is 0 Å². The second-order valence-electron chi connectivity index (χ2n) is 3.91. The summed E-state index contributed by atoms with van der Waals surface area (Å²) in [6.45, 7) is 4.57. The molecule has 84 valence electrons. The minimum atomic E-state index is 0.263. The molecule has 1 aromatic carbocycles. The van der Waals surface area contributed by atoms with Crippen LogP contribution in [0.5, 0.6) is 0 Å². The number of hydrogen-bond donors (Lipinski definition) is 0. The highest BCUT2D eigenvalue weighted by Crippen LogP contribution is 1.92. The molecule has 0 bridgehead atoms. The molecule has 0 aromatic heterocycles. The van der Waals surface area contributed by atoms with Crippen LogP contribution in [0.1, 0.15) is 18.9 Å². The van der Waals surface area contributed by atoms with E-state index >= 15 is 0 Å². The van der Waals surface area contributed by atoms with Crippen LogP contribution in [-0.2, 0) is 4.79 Å². The normalized spacial score (nSPS) is 9.40. The van der Waals surface area contributed by atoms with Gasteiger partial charge in [0.05, 0.1) is 0 Å². The Morgan fingerprint density at radius 1 is 1.20 bits per heavy atom.